The summed E-state index contributed by atoms with van der Waals surface area (Å²) in [6.07, 6.45) is 36.4. The third kappa shape index (κ3) is 21.8. The van der Waals surface area contributed by atoms with Gasteiger partial charge in [-0.25, -0.2) is 4.21 Å². The summed E-state index contributed by atoms with van der Waals surface area (Å²) in [4.78, 5) is 0. The van der Waals surface area contributed by atoms with Gasteiger partial charge in [-0.1, -0.05) is 187 Å². The summed E-state index contributed by atoms with van der Waals surface area (Å²) in [5.74, 6) is 0.893. The van der Waals surface area contributed by atoms with Gasteiger partial charge in [-0.3, -0.25) is 0 Å². The molecule has 0 amide bonds. The number of aromatic hydroxyl groups is 1. The molecule has 0 aliphatic heterocycles. The van der Waals surface area contributed by atoms with E-state index in [2.05, 4.69) is 32.9 Å². The smallest absolute Gasteiger partial charge is 0.153 e. The molecule has 0 saturated carbocycles. The maximum absolute atomic E-state index is 12.0. The van der Waals surface area contributed by atoms with E-state index in [4.69, 9.17) is 0 Å². The molecule has 1 rings (SSSR count). The van der Waals surface area contributed by atoms with Gasteiger partial charge in [0.15, 0.2) is 11.1 Å². The highest BCUT2D eigenvalue weighted by Crippen LogP contribution is 2.33. The van der Waals surface area contributed by atoms with Crippen LogP contribution in [0.4, 0.5) is 0 Å². The molecule has 1 aromatic rings. The molecule has 0 bridgehead atoms. The van der Waals surface area contributed by atoms with E-state index in [-0.39, 0.29) is 5.92 Å². The molecule has 0 radical (unpaired) electrons. The minimum atomic E-state index is -1.81. The van der Waals surface area contributed by atoms with Crippen molar-refractivity contribution in [3.63, 3.8) is 0 Å². The van der Waals surface area contributed by atoms with E-state index in [9.17, 15) is 13.9 Å². The molecular weight excluding hydrogens is 561 g/mol. The molecule has 0 aliphatic rings. The lowest BCUT2D eigenvalue weighted by Crippen LogP contribution is -2.11. The van der Waals surface area contributed by atoms with Crippen LogP contribution in [0.15, 0.2) is 12.1 Å². The zero-order chi connectivity index (χ0) is 32.1. The highest BCUT2D eigenvalue weighted by molar-refractivity contribution is 7.79. The molecule has 4 heteroatoms. The van der Waals surface area contributed by atoms with Gasteiger partial charge >= 0.3 is 0 Å². The number of hydrogen-bond donors (Lipinski definition) is 2. The summed E-state index contributed by atoms with van der Waals surface area (Å²) < 4.78 is 21.9. The van der Waals surface area contributed by atoms with Crippen LogP contribution >= 0.6 is 0 Å². The zero-order valence-corrected chi connectivity index (χ0v) is 30.5. The van der Waals surface area contributed by atoms with Crippen molar-refractivity contribution in [3.05, 3.63) is 28.8 Å². The van der Waals surface area contributed by atoms with Crippen molar-refractivity contribution in [1.29, 1.82) is 0 Å². The fourth-order valence-electron chi connectivity index (χ4n) is 6.70. The second-order valence-corrected chi connectivity index (χ2v) is 14.8. The largest absolute Gasteiger partial charge is 0.507 e. The van der Waals surface area contributed by atoms with Crippen molar-refractivity contribution < 1.29 is 13.9 Å². The van der Waals surface area contributed by atoms with Crippen molar-refractivity contribution in [3.8, 4) is 5.75 Å². The maximum atomic E-state index is 12.0. The maximum Gasteiger partial charge on any atom is 0.153 e. The van der Waals surface area contributed by atoms with Crippen molar-refractivity contribution in [1.82, 2.24) is 0 Å². The number of rotatable bonds is 32. The predicted octanol–water partition coefficient (Wildman–Crippen LogP) is 13.4. The topological polar surface area (TPSA) is 57.5 Å². The minimum absolute atomic E-state index is 0.0884. The summed E-state index contributed by atoms with van der Waals surface area (Å²) >= 11 is -1.81. The molecule has 2 atom stereocenters. The van der Waals surface area contributed by atoms with Crippen LogP contribution in [0.1, 0.15) is 217 Å². The Balaban J connectivity index is 2.75. The van der Waals surface area contributed by atoms with Crippen LogP contribution in [0, 0.1) is 0 Å². The molecular formula is C40H74O3S. The number of phenolic OH excluding ortho intramolecular Hbond substituents is 1. The van der Waals surface area contributed by atoms with E-state index in [1.165, 1.54) is 153 Å². The van der Waals surface area contributed by atoms with E-state index < -0.39 is 11.1 Å². The Kier molecular flexibility index (Phi) is 27.6. The molecule has 1 aromatic carbocycles. The van der Waals surface area contributed by atoms with Gasteiger partial charge in [0.25, 0.3) is 0 Å². The molecule has 0 fully saturated rings. The first kappa shape index (κ1) is 41.2. The van der Waals surface area contributed by atoms with Crippen LogP contribution in [0.2, 0.25) is 0 Å². The van der Waals surface area contributed by atoms with Gasteiger partial charge in [0.2, 0.25) is 0 Å². The Morgan fingerprint density at radius 3 is 1.18 bits per heavy atom. The molecule has 0 aliphatic carbocycles. The zero-order valence-electron chi connectivity index (χ0n) is 29.7. The fraction of sp³-hybridized carbons (Fsp3) is 0.850. The first-order valence-electron chi connectivity index (χ1n) is 19.4. The van der Waals surface area contributed by atoms with Crippen LogP contribution in [0.3, 0.4) is 0 Å². The van der Waals surface area contributed by atoms with Crippen LogP contribution < -0.4 is 0 Å². The van der Waals surface area contributed by atoms with Gasteiger partial charge < -0.3 is 9.66 Å². The number of hydrogen-bond acceptors (Lipinski definition) is 2. The van der Waals surface area contributed by atoms with Crippen LogP contribution in [0.25, 0.3) is 0 Å². The molecule has 3 nitrogen and oxygen atoms in total. The Morgan fingerprint density at radius 2 is 0.841 bits per heavy atom. The van der Waals surface area contributed by atoms with Crippen molar-refractivity contribution in [2.75, 3.05) is 5.75 Å². The number of benzene rings is 1. The van der Waals surface area contributed by atoms with Gasteiger partial charge in [0, 0.05) is 0 Å². The number of unbranched alkanes of at least 4 members (excludes halogenated alkanes) is 23. The molecule has 44 heavy (non-hydrogen) atoms. The first-order valence-corrected chi connectivity index (χ1v) is 20.7. The average Bonchev–Trinajstić information content (AvgIpc) is 3.01. The Bertz CT molecular complexity index is 763. The van der Waals surface area contributed by atoms with Gasteiger partial charge in [0.1, 0.15) is 5.75 Å². The summed E-state index contributed by atoms with van der Waals surface area (Å²) in [5, 5.41) is 11.4. The molecule has 2 unspecified atom stereocenters. The third-order valence-electron chi connectivity index (χ3n) is 9.61. The lowest BCUT2D eigenvalue weighted by atomic mass is 9.88. The molecule has 0 aromatic heterocycles. The van der Waals surface area contributed by atoms with Gasteiger partial charge in [-0.2, -0.15) is 0 Å². The predicted molar refractivity (Wildman–Crippen MR) is 196 cm³/mol. The van der Waals surface area contributed by atoms with Crippen LogP contribution in [-0.2, 0) is 23.9 Å². The van der Waals surface area contributed by atoms with Gasteiger partial charge in [0.05, 0.1) is 5.75 Å². The van der Waals surface area contributed by atoms with Gasteiger partial charge in [-0.05, 0) is 54.7 Å². The van der Waals surface area contributed by atoms with Crippen LogP contribution in [-0.4, -0.2) is 19.6 Å². The van der Waals surface area contributed by atoms with E-state index in [1.54, 1.807) is 0 Å². The normalized spacial score (nSPS) is 13.0. The van der Waals surface area contributed by atoms with E-state index in [1.807, 2.05) is 0 Å². The quantitative estimate of drug-likeness (QED) is 0.0612. The number of phenols is 1. The lowest BCUT2D eigenvalue weighted by molar-refractivity contribution is 0.455. The third-order valence-corrected chi connectivity index (χ3v) is 10.3. The fourth-order valence-corrected chi connectivity index (χ4v) is 7.40. The Hall–Kier alpha value is -0.870. The average molecular weight is 635 g/mol. The second kappa shape index (κ2) is 29.5. The van der Waals surface area contributed by atoms with E-state index in [0.717, 1.165) is 49.7 Å². The Morgan fingerprint density at radius 1 is 0.523 bits per heavy atom. The second-order valence-electron chi connectivity index (χ2n) is 13.8. The minimum Gasteiger partial charge on any atom is -0.507 e. The van der Waals surface area contributed by atoms with Crippen molar-refractivity contribution in [2.45, 2.75) is 213 Å². The molecule has 0 heterocycles. The molecule has 2 N–H and O–H groups in total. The molecule has 0 saturated heterocycles. The summed E-state index contributed by atoms with van der Waals surface area (Å²) in [6.45, 7) is 6.80. The summed E-state index contributed by atoms with van der Waals surface area (Å²) in [7, 11) is 0. The molecule has 0 spiro atoms. The number of aryl methyl sites for hydroxylation is 2. The van der Waals surface area contributed by atoms with Crippen LogP contribution in [0.5, 0.6) is 5.75 Å². The lowest BCUT2D eigenvalue weighted by Gasteiger charge is -2.20. The summed E-state index contributed by atoms with van der Waals surface area (Å²) in [6, 6.07) is 4.39. The highest BCUT2D eigenvalue weighted by atomic mass is 32.2. The highest BCUT2D eigenvalue weighted by Gasteiger charge is 2.19. The summed E-state index contributed by atoms with van der Waals surface area (Å²) in [5.41, 5.74) is 3.32. The van der Waals surface area contributed by atoms with Crippen molar-refractivity contribution in [2.24, 2.45) is 0 Å². The first-order chi connectivity index (χ1) is 21.5. The standard InChI is InChI=1S/C40H74O3S/c1-4-7-10-13-16-18-20-22-25-27-30-36-33-39(38(35-44(42)43)32-29-24-15-12-9-6-3)34-37(40(36)41)31-28-26-23-21-19-17-14-11-8-5-2/h33-34,38,41H,4-32,35H2,1-3H3,(H,42,43). The Labute approximate surface area is 277 Å². The van der Waals surface area contributed by atoms with Gasteiger partial charge in [-0.15, -0.1) is 0 Å². The monoisotopic (exact) mass is 635 g/mol. The van der Waals surface area contributed by atoms with E-state index >= 15 is 0 Å². The molecule has 258 valence electrons. The van der Waals surface area contributed by atoms with E-state index in [0.29, 0.717) is 11.5 Å². The SMILES string of the molecule is CCCCCCCCCCCCc1cc(C(CCCCCCCC)CS(=O)O)cc(CCCCCCCCCCCC)c1O. The van der Waals surface area contributed by atoms with Crippen molar-refractivity contribution >= 4 is 11.1 Å².